The molecule has 0 aliphatic carbocycles. The van der Waals surface area contributed by atoms with E-state index in [9.17, 15) is 0 Å². The number of nitrogens with one attached hydrogen (secondary N) is 1. The van der Waals surface area contributed by atoms with Crippen LogP contribution < -0.4 is 5.32 Å². The fourth-order valence-corrected chi connectivity index (χ4v) is 0.767. The van der Waals surface area contributed by atoms with Crippen molar-refractivity contribution in [3.8, 4) is 6.19 Å². The SMILES string of the molecule is Cc1ccc(N=CNC#N)cc1. The second-order valence-electron chi connectivity index (χ2n) is 2.35. The van der Waals surface area contributed by atoms with E-state index in [1.807, 2.05) is 31.2 Å². The van der Waals surface area contributed by atoms with Crippen LogP contribution in [0.5, 0.6) is 0 Å². The molecule has 1 rings (SSSR count). The van der Waals surface area contributed by atoms with Gasteiger partial charge in [0.2, 0.25) is 0 Å². The molecule has 0 fully saturated rings. The third-order valence-electron chi connectivity index (χ3n) is 1.38. The van der Waals surface area contributed by atoms with Crippen LogP contribution in [0.4, 0.5) is 5.69 Å². The van der Waals surface area contributed by atoms with Gasteiger partial charge in [-0.2, -0.15) is 5.26 Å². The molecule has 0 unspecified atom stereocenters. The van der Waals surface area contributed by atoms with Crippen LogP contribution in [0, 0.1) is 18.4 Å². The average Bonchev–Trinajstić information content (AvgIpc) is 2.09. The Balaban J connectivity index is 2.66. The largest absolute Gasteiger partial charge is 0.283 e. The maximum atomic E-state index is 8.14. The van der Waals surface area contributed by atoms with E-state index in [0.717, 1.165) is 5.69 Å². The zero-order valence-corrected chi connectivity index (χ0v) is 6.78. The van der Waals surface area contributed by atoms with Crippen LogP contribution in [-0.4, -0.2) is 6.34 Å². The fourth-order valence-electron chi connectivity index (χ4n) is 0.767. The monoisotopic (exact) mass is 159 g/mol. The molecule has 0 amide bonds. The van der Waals surface area contributed by atoms with Gasteiger partial charge >= 0.3 is 0 Å². The summed E-state index contributed by atoms with van der Waals surface area (Å²) in [5.41, 5.74) is 2.03. The van der Waals surface area contributed by atoms with E-state index in [4.69, 9.17) is 5.26 Å². The Labute approximate surface area is 71.4 Å². The first kappa shape index (κ1) is 8.28. The Hall–Kier alpha value is -1.82. The number of nitrogens with zero attached hydrogens (tertiary/aromatic N) is 2. The minimum atomic E-state index is 0.836. The van der Waals surface area contributed by atoms with Crippen molar-refractivity contribution in [3.05, 3.63) is 29.8 Å². The van der Waals surface area contributed by atoms with E-state index in [2.05, 4.69) is 10.3 Å². The summed E-state index contributed by atoms with van der Waals surface area (Å²) in [6.45, 7) is 2.01. The van der Waals surface area contributed by atoms with Crippen LogP contribution in [0.2, 0.25) is 0 Å². The molecule has 1 aromatic carbocycles. The summed E-state index contributed by atoms with van der Waals surface area (Å²) >= 11 is 0. The molecule has 0 atom stereocenters. The lowest BCUT2D eigenvalue weighted by Gasteiger charge is -1.92. The molecule has 1 N–H and O–H groups in total. The number of hydrogen-bond acceptors (Lipinski definition) is 2. The Morgan fingerprint density at radius 1 is 1.42 bits per heavy atom. The molecule has 0 heterocycles. The van der Waals surface area contributed by atoms with Gasteiger partial charge in [-0.15, -0.1) is 0 Å². The van der Waals surface area contributed by atoms with Gasteiger partial charge in [0.05, 0.1) is 5.69 Å². The number of nitriles is 1. The number of aryl methyl sites for hydroxylation is 1. The van der Waals surface area contributed by atoms with Crippen molar-refractivity contribution >= 4 is 12.0 Å². The summed E-state index contributed by atoms with van der Waals surface area (Å²) in [6.07, 6.45) is 3.12. The van der Waals surface area contributed by atoms with Gasteiger partial charge in [0.15, 0.2) is 6.19 Å². The lowest BCUT2D eigenvalue weighted by atomic mass is 10.2. The van der Waals surface area contributed by atoms with Gasteiger partial charge in [-0.05, 0) is 19.1 Å². The van der Waals surface area contributed by atoms with E-state index in [1.54, 1.807) is 6.19 Å². The van der Waals surface area contributed by atoms with Crippen LogP contribution in [0.1, 0.15) is 5.56 Å². The normalized spacial score (nSPS) is 9.67. The zero-order chi connectivity index (χ0) is 8.81. The van der Waals surface area contributed by atoms with E-state index in [0.29, 0.717) is 0 Å². The van der Waals surface area contributed by atoms with E-state index in [-0.39, 0.29) is 0 Å². The highest BCUT2D eigenvalue weighted by Gasteiger charge is 1.85. The van der Waals surface area contributed by atoms with Gasteiger partial charge < -0.3 is 0 Å². The molecule has 0 saturated carbocycles. The summed E-state index contributed by atoms with van der Waals surface area (Å²) in [6, 6.07) is 7.73. The second-order valence-corrected chi connectivity index (χ2v) is 2.35. The summed E-state index contributed by atoms with van der Waals surface area (Å²) in [5, 5.41) is 10.5. The van der Waals surface area contributed by atoms with Crippen LogP contribution in [-0.2, 0) is 0 Å². The van der Waals surface area contributed by atoms with E-state index < -0.39 is 0 Å². The molecule has 60 valence electrons. The molecule has 0 radical (unpaired) electrons. The summed E-state index contributed by atoms with van der Waals surface area (Å²) in [5.74, 6) is 0. The Kier molecular flexibility index (Phi) is 2.86. The maximum Gasteiger partial charge on any atom is 0.182 e. The predicted molar refractivity (Wildman–Crippen MR) is 48.1 cm³/mol. The molecule has 3 nitrogen and oxygen atoms in total. The molecule has 0 spiro atoms. The molecular formula is C9H9N3. The van der Waals surface area contributed by atoms with Gasteiger partial charge in [-0.3, -0.25) is 5.32 Å². The van der Waals surface area contributed by atoms with E-state index in [1.165, 1.54) is 11.9 Å². The van der Waals surface area contributed by atoms with Crippen LogP contribution in [0.25, 0.3) is 0 Å². The van der Waals surface area contributed by atoms with Crippen molar-refractivity contribution in [2.24, 2.45) is 4.99 Å². The zero-order valence-electron chi connectivity index (χ0n) is 6.78. The molecule has 0 saturated heterocycles. The fraction of sp³-hybridized carbons (Fsp3) is 0.111. The molecular weight excluding hydrogens is 150 g/mol. The predicted octanol–water partition coefficient (Wildman–Crippen LogP) is 1.73. The van der Waals surface area contributed by atoms with Crippen LogP contribution >= 0.6 is 0 Å². The third kappa shape index (κ3) is 2.43. The average molecular weight is 159 g/mol. The topological polar surface area (TPSA) is 48.2 Å². The van der Waals surface area contributed by atoms with Crippen molar-refractivity contribution in [1.82, 2.24) is 5.32 Å². The highest BCUT2D eigenvalue weighted by molar-refractivity contribution is 5.62. The first-order valence-electron chi connectivity index (χ1n) is 3.57. The second kappa shape index (κ2) is 4.14. The Morgan fingerprint density at radius 3 is 2.67 bits per heavy atom. The lowest BCUT2D eigenvalue weighted by Crippen LogP contribution is -1.98. The number of benzene rings is 1. The van der Waals surface area contributed by atoms with Crippen molar-refractivity contribution in [1.29, 1.82) is 5.26 Å². The van der Waals surface area contributed by atoms with Crippen molar-refractivity contribution in [2.75, 3.05) is 0 Å². The first-order valence-corrected chi connectivity index (χ1v) is 3.57. The minimum Gasteiger partial charge on any atom is -0.283 e. The van der Waals surface area contributed by atoms with Gasteiger partial charge in [0, 0.05) is 0 Å². The number of aliphatic imine (C=N–C) groups is 1. The smallest absolute Gasteiger partial charge is 0.182 e. The molecule has 12 heavy (non-hydrogen) atoms. The van der Waals surface area contributed by atoms with Gasteiger partial charge in [-0.25, -0.2) is 4.99 Å². The number of hydrogen-bond donors (Lipinski definition) is 1. The van der Waals surface area contributed by atoms with Crippen molar-refractivity contribution < 1.29 is 0 Å². The van der Waals surface area contributed by atoms with Gasteiger partial charge in [0.1, 0.15) is 6.34 Å². The van der Waals surface area contributed by atoms with Gasteiger partial charge in [0.25, 0.3) is 0 Å². The molecule has 0 aliphatic rings. The van der Waals surface area contributed by atoms with E-state index >= 15 is 0 Å². The van der Waals surface area contributed by atoms with Gasteiger partial charge in [-0.1, -0.05) is 17.7 Å². The quantitative estimate of drug-likeness (QED) is 0.309. The summed E-state index contributed by atoms with van der Waals surface area (Å²) < 4.78 is 0. The Bertz CT molecular complexity index is 306. The summed E-state index contributed by atoms with van der Waals surface area (Å²) in [7, 11) is 0. The molecule has 0 bridgehead atoms. The molecule has 0 aromatic heterocycles. The Morgan fingerprint density at radius 2 is 2.08 bits per heavy atom. The number of rotatable bonds is 2. The lowest BCUT2D eigenvalue weighted by molar-refractivity contribution is 1.29. The highest BCUT2D eigenvalue weighted by atomic mass is 14.9. The van der Waals surface area contributed by atoms with Crippen LogP contribution in [0.3, 0.4) is 0 Å². The minimum absolute atomic E-state index is 0.836. The van der Waals surface area contributed by atoms with Crippen LogP contribution in [0.15, 0.2) is 29.3 Å². The summed E-state index contributed by atoms with van der Waals surface area (Å²) in [4.78, 5) is 3.98. The molecule has 0 aliphatic heterocycles. The standard InChI is InChI=1S/C9H9N3/c1-8-2-4-9(5-3-8)12-7-11-6-10/h2-5,7H,1H3,(H,11,12). The molecule has 3 heteroatoms. The molecule has 1 aromatic rings. The van der Waals surface area contributed by atoms with Crippen molar-refractivity contribution in [2.45, 2.75) is 6.92 Å². The first-order chi connectivity index (χ1) is 5.83. The third-order valence-corrected chi connectivity index (χ3v) is 1.38. The maximum absolute atomic E-state index is 8.14. The highest BCUT2D eigenvalue weighted by Crippen LogP contribution is 2.10. The van der Waals surface area contributed by atoms with Crippen molar-refractivity contribution in [3.63, 3.8) is 0 Å².